The van der Waals surface area contributed by atoms with Crippen LogP contribution in [0.15, 0.2) is 28.7 Å². The van der Waals surface area contributed by atoms with Gasteiger partial charge in [0.05, 0.1) is 6.54 Å². The van der Waals surface area contributed by atoms with Gasteiger partial charge in [-0.2, -0.15) is 0 Å². The first-order valence-corrected chi connectivity index (χ1v) is 6.98. The minimum absolute atomic E-state index is 0.0217. The fourth-order valence-corrected chi connectivity index (χ4v) is 2.72. The zero-order chi connectivity index (χ0) is 13.0. The van der Waals surface area contributed by atoms with E-state index in [2.05, 4.69) is 26.1 Å². The van der Waals surface area contributed by atoms with Crippen molar-refractivity contribution in [2.75, 3.05) is 25.0 Å². The number of hydrogen-bond donors (Lipinski definition) is 2. The molecule has 18 heavy (non-hydrogen) atoms. The largest absolute Gasteiger partial charge is 0.329 e. The van der Waals surface area contributed by atoms with Crippen LogP contribution in [-0.4, -0.2) is 36.5 Å². The Bertz CT molecular complexity index is 424. The summed E-state index contributed by atoms with van der Waals surface area (Å²) in [5.74, 6) is 0.0217. The number of carbonyl (C=O) groups excluding carboxylic acids is 1. The van der Waals surface area contributed by atoms with Crippen LogP contribution in [0.4, 0.5) is 5.69 Å². The molecule has 1 aromatic carbocycles. The van der Waals surface area contributed by atoms with Crippen molar-refractivity contribution in [2.45, 2.75) is 18.9 Å². The topological polar surface area (TPSA) is 58.4 Å². The Balaban J connectivity index is 1.89. The highest BCUT2D eigenvalue weighted by molar-refractivity contribution is 9.10. The number of benzene rings is 1. The Labute approximate surface area is 116 Å². The number of nitrogens with two attached hydrogens (primary N) is 1. The standard InChI is InChI=1S/C13H18BrN3O/c14-10-3-1-4-11(7-10)16-13(18)9-17-6-2-5-12(17)8-15/h1,3-4,7,12H,2,5-6,8-9,15H2,(H,16,18). The van der Waals surface area contributed by atoms with E-state index in [-0.39, 0.29) is 5.91 Å². The molecule has 0 radical (unpaired) electrons. The molecule has 1 amide bonds. The van der Waals surface area contributed by atoms with Gasteiger partial charge in [-0.3, -0.25) is 9.69 Å². The van der Waals surface area contributed by atoms with Crippen LogP contribution in [-0.2, 0) is 4.79 Å². The summed E-state index contributed by atoms with van der Waals surface area (Å²) in [6.45, 7) is 2.02. The average molecular weight is 312 g/mol. The van der Waals surface area contributed by atoms with Gasteiger partial charge in [-0.25, -0.2) is 0 Å². The van der Waals surface area contributed by atoms with Crippen LogP contribution >= 0.6 is 15.9 Å². The van der Waals surface area contributed by atoms with Gasteiger partial charge < -0.3 is 11.1 Å². The summed E-state index contributed by atoms with van der Waals surface area (Å²) in [5, 5.41) is 2.90. The summed E-state index contributed by atoms with van der Waals surface area (Å²) in [6.07, 6.45) is 2.23. The molecule has 1 aliphatic rings. The molecule has 0 aromatic heterocycles. The SMILES string of the molecule is NCC1CCCN1CC(=O)Nc1cccc(Br)c1. The van der Waals surface area contributed by atoms with Gasteiger partial charge in [0, 0.05) is 22.7 Å². The van der Waals surface area contributed by atoms with E-state index in [1.165, 1.54) is 0 Å². The van der Waals surface area contributed by atoms with Crippen LogP contribution < -0.4 is 11.1 Å². The lowest BCUT2D eigenvalue weighted by Gasteiger charge is -2.22. The molecule has 1 fully saturated rings. The van der Waals surface area contributed by atoms with Crippen molar-refractivity contribution >= 4 is 27.5 Å². The molecule has 0 saturated carbocycles. The van der Waals surface area contributed by atoms with Crippen LogP contribution in [0.2, 0.25) is 0 Å². The number of nitrogens with zero attached hydrogens (tertiary/aromatic N) is 1. The second kappa shape index (κ2) is 6.31. The second-order valence-corrected chi connectivity index (χ2v) is 5.48. The van der Waals surface area contributed by atoms with Crippen molar-refractivity contribution in [1.29, 1.82) is 0 Å². The number of rotatable bonds is 4. The zero-order valence-electron chi connectivity index (χ0n) is 10.2. The van der Waals surface area contributed by atoms with Crippen LogP contribution in [0.25, 0.3) is 0 Å². The van der Waals surface area contributed by atoms with E-state index in [1.54, 1.807) is 0 Å². The quantitative estimate of drug-likeness (QED) is 0.891. The highest BCUT2D eigenvalue weighted by atomic mass is 79.9. The van der Waals surface area contributed by atoms with Gasteiger partial charge in [-0.15, -0.1) is 0 Å². The fourth-order valence-electron chi connectivity index (χ4n) is 2.32. The van der Waals surface area contributed by atoms with Crippen molar-refractivity contribution in [3.8, 4) is 0 Å². The Kier molecular flexibility index (Phi) is 4.74. The van der Waals surface area contributed by atoms with Crippen molar-refractivity contribution in [3.63, 3.8) is 0 Å². The van der Waals surface area contributed by atoms with Crippen molar-refractivity contribution in [1.82, 2.24) is 4.90 Å². The molecule has 2 rings (SSSR count). The van der Waals surface area contributed by atoms with Gasteiger partial charge in [-0.1, -0.05) is 22.0 Å². The number of halogens is 1. The maximum Gasteiger partial charge on any atom is 0.238 e. The predicted molar refractivity (Wildman–Crippen MR) is 76.4 cm³/mol. The lowest BCUT2D eigenvalue weighted by Crippen LogP contribution is -2.40. The minimum Gasteiger partial charge on any atom is -0.329 e. The molecular formula is C13H18BrN3O. The van der Waals surface area contributed by atoms with E-state index in [0.717, 1.165) is 29.5 Å². The van der Waals surface area contributed by atoms with Gasteiger partial charge in [0.1, 0.15) is 0 Å². The van der Waals surface area contributed by atoms with Gasteiger partial charge in [0.2, 0.25) is 5.91 Å². The Morgan fingerprint density at radius 1 is 1.56 bits per heavy atom. The minimum atomic E-state index is 0.0217. The smallest absolute Gasteiger partial charge is 0.238 e. The van der Waals surface area contributed by atoms with Gasteiger partial charge in [0.25, 0.3) is 0 Å². The third kappa shape index (κ3) is 3.54. The maximum absolute atomic E-state index is 11.9. The number of carbonyl (C=O) groups is 1. The molecule has 0 aliphatic carbocycles. The molecule has 1 atom stereocenters. The molecule has 1 heterocycles. The lowest BCUT2D eigenvalue weighted by atomic mass is 10.2. The monoisotopic (exact) mass is 311 g/mol. The first-order chi connectivity index (χ1) is 8.69. The summed E-state index contributed by atoms with van der Waals surface area (Å²) < 4.78 is 0.960. The van der Waals surface area contributed by atoms with Crippen LogP contribution in [0.5, 0.6) is 0 Å². The molecular weight excluding hydrogens is 294 g/mol. The molecule has 3 N–H and O–H groups in total. The van der Waals surface area contributed by atoms with Crippen molar-refractivity contribution < 1.29 is 4.79 Å². The molecule has 4 nitrogen and oxygen atoms in total. The first kappa shape index (κ1) is 13.5. The summed E-state index contributed by atoms with van der Waals surface area (Å²) in [7, 11) is 0. The van der Waals surface area contributed by atoms with E-state index < -0.39 is 0 Å². The van der Waals surface area contributed by atoms with Gasteiger partial charge >= 0.3 is 0 Å². The van der Waals surface area contributed by atoms with Crippen LogP contribution in [0.1, 0.15) is 12.8 Å². The average Bonchev–Trinajstić information content (AvgIpc) is 2.76. The van der Waals surface area contributed by atoms with Gasteiger partial charge in [-0.05, 0) is 37.6 Å². The summed E-state index contributed by atoms with van der Waals surface area (Å²) in [6, 6.07) is 7.96. The Morgan fingerprint density at radius 3 is 3.11 bits per heavy atom. The molecule has 1 unspecified atom stereocenters. The molecule has 1 aromatic rings. The summed E-state index contributed by atoms with van der Waals surface area (Å²) in [5.41, 5.74) is 6.51. The third-order valence-electron chi connectivity index (χ3n) is 3.23. The first-order valence-electron chi connectivity index (χ1n) is 6.18. The lowest BCUT2D eigenvalue weighted by molar-refractivity contribution is -0.117. The number of nitrogens with one attached hydrogen (secondary N) is 1. The zero-order valence-corrected chi connectivity index (χ0v) is 11.8. The van der Waals surface area contributed by atoms with E-state index in [1.807, 2.05) is 24.3 Å². The van der Waals surface area contributed by atoms with Crippen LogP contribution in [0, 0.1) is 0 Å². The highest BCUT2D eigenvalue weighted by Gasteiger charge is 2.24. The molecule has 0 bridgehead atoms. The Hall–Kier alpha value is -0.910. The Morgan fingerprint density at radius 2 is 2.39 bits per heavy atom. The van der Waals surface area contributed by atoms with E-state index >= 15 is 0 Å². The number of hydrogen-bond acceptors (Lipinski definition) is 3. The molecule has 1 aliphatic heterocycles. The molecule has 1 saturated heterocycles. The maximum atomic E-state index is 11.9. The second-order valence-electron chi connectivity index (χ2n) is 4.56. The predicted octanol–water partition coefficient (Wildman–Crippen LogP) is 1.81. The van der Waals surface area contributed by atoms with Crippen molar-refractivity contribution in [3.05, 3.63) is 28.7 Å². The summed E-state index contributed by atoms with van der Waals surface area (Å²) in [4.78, 5) is 14.1. The number of likely N-dealkylation sites (tertiary alicyclic amines) is 1. The molecule has 98 valence electrons. The van der Waals surface area contributed by atoms with Crippen molar-refractivity contribution in [2.24, 2.45) is 5.73 Å². The number of anilines is 1. The normalized spacial score (nSPS) is 20.0. The highest BCUT2D eigenvalue weighted by Crippen LogP contribution is 2.17. The van der Waals surface area contributed by atoms with E-state index in [9.17, 15) is 4.79 Å². The summed E-state index contributed by atoms with van der Waals surface area (Å²) >= 11 is 3.38. The fraction of sp³-hybridized carbons (Fsp3) is 0.462. The number of amides is 1. The van der Waals surface area contributed by atoms with Gasteiger partial charge in [0.15, 0.2) is 0 Å². The van der Waals surface area contributed by atoms with E-state index in [0.29, 0.717) is 19.1 Å². The van der Waals surface area contributed by atoms with Crippen LogP contribution in [0.3, 0.4) is 0 Å². The molecule has 5 heteroatoms. The van der Waals surface area contributed by atoms with E-state index in [4.69, 9.17) is 5.73 Å². The molecule has 0 spiro atoms. The third-order valence-corrected chi connectivity index (χ3v) is 3.72.